The van der Waals surface area contributed by atoms with Crippen LogP contribution in [-0.2, 0) is 14.3 Å². The van der Waals surface area contributed by atoms with E-state index >= 15 is 0 Å². The summed E-state index contributed by atoms with van der Waals surface area (Å²) >= 11 is 1.67. The van der Waals surface area contributed by atoms with E-state index in [9.17, 15) is 9.59 Å². The van der Waals surface area contributed by atoms with Gasteiger partial charge in [0.1, 0.15) is 5.70 Å². The zero-order chi connectivity index (χ0) is 17.2. The van der Waals surface area contributed by atoms with Crippen LogP contribution in [0.3, 0.4) is 0 Å². The van der Waals surface area contributed by atoms with E-state index < -0.39 is 12.1 Å². The van der Waals surface area contributed by atoms with E-state index in [2.05, 4.69) is 0 Å². The minimum atomic E-state index is -0.500. The summed E-state index contributed by atoms with van der Waals surface area (Å²) in [6.45, 7) is 0. The van der Waals surface area contributed by atoms with Gasteiger partial charge in [-0.3, -0.25) is 9.69 Å². The van der Waals surface area contributed by atoms with E-state index in [4.69, 9.17) is 4.74 Å². The number of carbonyl (C=O) groups is 2. The molecule has 1 fully saturated rings. The number of thioether (sulfide) groups is 1. The molecule has 0 bridgehead atoms. The summed E-state index contributed by atoms with van der Waals surface area (Å²) in [4.78, 5) is 26.2. The van der Waals surface area contributed by atoms with Gasteiger partial charge in [-0.1, -0.05) is 60.7 Å². The standard InChI is InChI=1S/C20H17NO3S.HI/c22-17-13-18-21(17)16(11-12-25-18)20(23)24-19(14-7-3-1-4-8-14)15-9-5-2-6-10-15;/h1-11,18-19H,12-13H2;1H/t18-;/m1./s1. The van der Waals surface area contributed by atoms with Gasteiger partial charge in [-0.25, -0.2) is 4.79 Å². The van der Waals surface area contributed by atoms with Gasteiger partial charge in [-0.15, -0.1) is 35.7 Å². The molecule has 0 aromatic heterocycles. The Labute approximate surface area is 173 Å². The van der Waals surface area contributed by atoms with Crippen molar-refractivity contribution < 1.29 is 14.3 Å². The molecule has 0 N–H and O–H groups in total. The number of esters is 1. The first-order valence-electron chi connectivity index (χ1n) is 8.19. The molecule has 0 radical (unpaired) electrons. The van der Waals surface area contributed by atoms with Crippen molar-refractivity contribution in [2.75, 3.05) is 5.75 Å². The van der Waals surface area contributed by atoms with E-state index in [0.29, 0.717) is 12.1 Å². The lowest BCUT2D eigenvalue weighted by Crippen LogP contribution is -2.53. The molecule has 4 rings (SSSR count). The van der Waals surface area contributed by atoms with Crippen LogP contribution in [0, 0.1) is 0 Å². The molecular formula is C20H18INO3S. The van der Waals surface area contributed by atoms with Gasteiger partial charge >= 0.3 is 5.97 Å². The minimum absolute atomic E-state index is 0. The van der Waals surface area contributed by atoms with Gasteiger partial charge in [-0.05, 0) is 17.2 Å². The number of hydrogen-bond donors (Lipinski definition) is 0. The first-order valence-corrected chi connectivity index (χ1v) is 9.23. The number of nitrogens with zero attached hydrogens (tertiary/aromatic N) is 1. The maximum absolute atomic E-state index is 12.8. The van der Waals surface area contributed by atoms with Gasteiger partial charge in [0, 0.05) is 5.75 Å². The van der Waals surface area contributed by atoms with Crippen LogP contribution in [0.4, 0.5) is 0 Å². The molecule has 2 aromatic carbocycles. The van der Waals surface area contributed by atoms with Gasteiger partial charge in [0.05, 0.1) is 11.8 Å². The Balaban J connectivity index is 0.00000196. The Morgan fingerprint density at radius 1 is 1.04 bits per heavy atom. The number of amides is 1. The molecule has 2 heterocycles. The average Bonchev–Trinajstić information content (AvgIpc) is 2.66. The Kier molecular flexibility index (Phi) is 6.03. The number of ether oxygens (including phenoxy) is 1. The number of halogens is 1. The molecule has 4 nitrogen and oxygen atoms in total. The Morgan fingerprint density at radius 2 is 1.62 bits per heavy atom. The third-order valence-electron chi connectivity index (χ3n) is 4.37. The summed E-state index contributed by atoms with van der Waals surface area (Å²) in [5.74, 6) is 0.257. The summed E-state index contributed by atoms with van der Waals surface area (Å²) in [6, 6.07) is 19.3. The Hall–Kier alpha value is -1.80. The van der Waals surface area contributed by atoms with Gasteiger partial charge in [0.2, 0.25) is 5.91 Å². The molecule has 1 amide bonds. The van der Waals surface area contributed by atoms with Crippen molar-refractivity contribution in [1.29, 1.82) is 0 Å². The third kappa shape index (κ3) is 3.66. The van der Waals surface area contributed by atoms with E-state index in [1.54, 1.807) is 22.7 Å². The molecule has 26 heavy (non-hydrogen) atoms. The summed E-state index contributed by atoms with van der Waals surface area (Å²) in [5.41, 5.74) is 2.18. The molecule has 0 spiro atoms. The van der Waals surface area contributed by atoms with Crippen LogP contribution in [0.2, 0.25) is 0 Å². The number of rotatable bonds is 4. The molecule has 0 saturated carbocycles. The highest BCUT2D eigenvalue weighted by Gasteiger charge is 2.43. The van der Waals surface area contributed by atoms with Crippen molar-refractivity contribution in [1.82, 2.24) is 4.90 Å². The lowest BCUT2D eigenvalue weighted by Gasteiger charge is -2.42. The van der Waals surface area contributed by atoms with Crippen LogP contribution in [0.5, 0.6) is 0 Å². The lowest BCUT2D eigenvalue weighted by atomic mass is 10.0. The van der Waals surface area contributed by atoms with Crippen LogP contribution < -0.4 is 0 Å². The quantitative estimate of drug-likeness (QED) is 0.376. The predicted molar refractivity (Wildman–Crippen MR) is 112 cm³/mol. The molecule has 1 atom stereocenters. The normalized spacial score (nSPS) is 18.3. The van der Waals surface area contributed by atoms with Crippen LogP contribution in [0.15, 0.2) is 72.4 Å². The second-order valence-electron chi connectivity index (χ2n) is 5.95. The molecule has 0 aliphatic carbocycles. The zero-order valence-electron chi connectivity index (χ0n) is 13.9. The van der Waals surface area contributed by atoms with E-state index in [0.717, 1.165) is 16.9 Å². The predicted octanol–water partition coefficient (Wildman–Crippen LogP) is 4.13. The van der Waals surface area contributed by atoms with Crippen molar-refractivity contribution in [2.45, 2.75) is 17.9 Å². The van der Waals surface area contributed by atoms with E-state index in [-0.39, 0.29) is 35.3 Å². The van der Waals surface area contributed by atoms with Crippen molar-refractivity contribution in [3.63, 3.8) is 0 Å². The summed E-state index contributed by atoms with van der Waals surface area (Å²) in [5, 5.41) is 0.0759. The third-order valence-corrected chi connectivity index (χ3v) is 5.49. The molecule has 2 aliphatic rings. The molecule has 2 aromatic rings. The topological polar surface area (TPSA) is 46.6 Å². The van der Waals surface area contributed by atoms with Gasteiger partial charge < -0.3 is 4.74 Å². The number of carbonyl (C=O) groups excluding carboxylic acids is 2. The van der Waals surface area contributed by atoms with Crippen molar-refractivity contribution >= 4 is 47.6 Å². The van der Waals surface area contributed by atoms with Crippen molar-refractivity contribution in [3.8, 4) is 0 Å². The fourth-order valence-electron chi connectivity index (χ4n) is 3.08. The number of β-lactam (4-membered cyclic amide) rings is 1. The molecular weight excluding hydrogens is 461 g/mol. The highest BCUT2D eigenvalue weighted by molar-refractivity contribution is 14.0. The van der Waals surface area contributed by atoms with Gasteiger partial charge in [-0.2, -0.15) is 0 Å². The second kappa shape index (κ2) is 8.26. The summed E-state index contributed by atoms with van der Waals surface area (Å²) in [6.07, 6.45) is 1.78. The highest BCUT2D eigenvalue weighted by atomic mass is 127. The zero-order valence-corrected chi connectivity index (χ0v) is 17.1. The van der Waals surface area contributed by atoms with Crippen LogP contribution in [-0.4, -0.2) is 27.9 Å². The summed E-state index contributed by atoms with van der Waals surface area (Å²) in [7, 11) is 0. The number of hydrogen-bond acceptors (Lipinski definition) is 4. The lowest BCUT2D eigenvalue weighted by molar-refractivity contribution is -0.151. The minimum Gasteiger partial charge on any atom is -0.448 e. The maximum Gasteiger partial charge on any atom is 0.355 e. The van der Waals surface area contributed by atoms with Gasteiger partial charge in [0.25, 0.3) is 0 Å². The Bertz CT molecular complexity index is 786. The number of benzene rings is 2. The first-order chi connectivity index (χ1) is 12.2. The highest BCUT2D eigenvalue weighted by Crippen LogP contribution is 2.38. The van der Waals surface area contributed by atoms with Crippen molar-refractivity contribution in [3.05, 3.63) is 83.6 Å². The second-order valence-corrected chi connectivity index (χ2v) is 7.16. The fraction of sp³-hybridized carbons (Fsp3) is 0.200. The molecule has 6 heteroatoms. The number of fused-ring (bicyclic) bond motifs is 1. The largest absolute Gasteiger partial charge is 0.448 e. The molecule has 0 unspecified atom stereocenters. The molecule has 134 valence electrons. The van der Waals surface area contributed by atoms with Crippen LogP contribution in [0.25, 0.3) is 0 Å². The summed E-state index contributed by atoms with van der Waals surface area (Å²) < 4.78 is 5.85. The van der Waals surface area contributed by atoms with Crippen LogP contribution >= 0.6 is 35.7 Å². The van der Waals surface area contributed by atoms with Crippen LogP contribution in [0.1, 0.15) is 23.7 Å². The van der Waals surface area contributed by atoms with E-state index in [1.165, 1.54) is 0 Å². The average molecular weight is 479 g/mol. The molecule has 1 saturated heterocycles. The van der Waals surface area contributed by atoms with Crippen molar-refractivity contribution in [2.24, 2.45) is 0 Å². The SMILES string of the molecule is I.O=C(OC(c1ccccc1)c1ccccc1)C1=CCS[C@@H]2CC(=O)N12. The monoisotopic (exact) mass is 479 g/mol. The fourth-order valence-corrected chi connectivity index (χ4v) is 4.20. The first kappa shape index (κ1) is 19.0. The van der Waals surface area contributed by atoms with E-state index in [1.807, 2.05) is 60.7 Å². The van der Waals surface area contributed by atoms with Gasteiger partial charge in [0.15, 0.2) is 6.10 Å². The maximum atomic E-state index is 12.8. The smallest absolute Gasteiger partial charge is 0.355 e. The molecule has 2 aliphatic heterocycles. The Morgan fingerprint density at radius 3 is 2.15 bits per heavy atom.